The van der Waals surface area contributed by atoms with Gasteiger partial charge in [0.25, 0.3) is 5.91 Å². The van der Waals surface area contributed by atoms with Crippen LogP contribution >= 0.6 is 0 Å². The van der Waals surface area contributed by atoms with Gasteiger partial charge >= 0.3 is 5.97 Å². The SMILES string of the molecule is CCOC(=O)c1ccc(NC(=O)/C(C#N)=C\NCCCc2ccccc2)cc1. The molecule has 0 heterocycles. The van der Waals surface area contributed by atoms with Crippen LogP contribution in [0.25, 0.3) is 0 Å². The van der Waals surface area contributed by atoms with Crippen LogP contribution in [0.15, 0.2) is 66.4 Å². The molecule has 0 atom stereocenters. The van der Waals surface area contributed by atoms with Gasteiger partial charge in [-0.25, -0.2) is 4.79 Å². The number of aryl methyl sites for hydroxylation is 1. The fourth-order valence-electron chi connectivity index (χ4n) is 2.46. The molecule has 0 aliphatic carbocycles. The summed E-state index contributed by atoms with van der Waals surface area (Å²) < 4.78 is 4.91. The fraction of sp³-hybridized carbons (Fsp3) is 0.227. The summed E-state index contributed by atoms with van der Waals surface area (Å²) in [6, 6.07) is 18.3. The number of ether oxygens (including phenoxy) is 1. The van der Waals surface area contributed by atoms with E-state index < -0.39 is 11.9 Å². The molecule has 0 saturated carbocycles. The molecule has 0 bridgehead atoms. The number of amides is 1. The molecule has 6 heteroatoms. The quantitative estimate of drug-likeness (QED) is 0.302. The summed E-state index contributed by atoms with van der Waals surface area (Å²) in [6.45, 7) is 2.69. The number of hydrogen-bond donors (Lipinski definition) is 2. The Labute approximate surface area is 164 Å². The summed E-state index contributed by atoms with van der Waals surface area (Å²) in [5.74, 6) is -0.931. The number of nitrogens with one attached hydrogen (secondary N) is 2. The second kappa shape index (κ2) is 11.2. The predicted molar refractivity (Wildman–Crippen MR) is 107 cm³/mol. The van der Waals surface area contributed by atoms with Gasteiger partial charge in [-0.15, -0.1) is 0 Å². The maximum absolute atomic E-state index is 12.2. The molecule has 2 N–H and O–H groups in total. The van der Waals surface area contributed by atoms with Crippen molar-refractivity contribution in [2.75, 3.05) is 18.5 Å². The van der Waals surface area contributed by atoms with Crippen molar-refractivity contribution < 1.29 is 14.3 Å². The van der Waals surface area contributed by atoms with Crippen LogP contribution in [0, 0.1) is 11.3 Å². The zero-order chi connectivity index (χ0) is 20.2. The first-order valence-electron chi connectivity index (χ1n) is 9.10. The average molecular weight is 377 g/mol. The molecule has 2 rings (SSSR count). The molecule has 1 amide bonds. The van der Waals surface area contributed by atoms with E-state index in [0.717, 1.165) is 12.8 Å². The molecule has 0 aliphatic rings. The lowest BCUT2D eigenvalue weighted by molar-refractivity contribution is -0.112. The molecule has 0 radical (unpaired) electrons. The third-order valence-corrected chi connectivity index (χ3v) is 3.89. The predicted octanol–water partition coefficient (Wildman–Crippen LogP) is 3.43. The summed E-state index contributed by atoms with van der Waals surface area (Å²) in [7, 11) is 0. The van der Waals surface area contributed by atoms with Gasteiger partial charge in [0.1, 0.15) is 11.6 Å². The maximum Gasteiger partial charge on any atom is 0.338 e. The summed E-state index contributed by atoms with van der Waals surface area (Å²) >= 11 is 0. The first-order valence-corrected chi connectivity index (χ1v) is 9.10. The van der Waals surface area contributed by atoms with Gasteiger partial charge in [0.15, 0.2) is 0 Å². The summed E-state index contributed by atoms with van der Waals surface area (Å²) in [5, 5.41) is 14.8. The highest BCUT2D eigenvalue weighted by atomic mass is 16.5. The Bertz CT molecular complexity index is 853. The van der Waals surface area contributed by atoms with Gasteiger partial charge in [-0.1, -0.05) is 30.3 Å². The van der Waals surface area contributed by atoms with Crippen molar-refractivity contribution in [3.8, 4) is 6.07 Å². The normalized spacial score (nSPS) is 10.6. The maximum atomic E-state index is 12.2. The van der Waals surface area contributed by atoms with E-state index in [2.05, 4.69) is 22.8 Å². The molecular weight excluding hydrogens is 354 g/mol. The number of hydrogen-bond acceptors (Lipinski definition) is 5. The highest BCUT2D eigenvalue weighted by Crippen LogP contribution is 2.12. The standard InChI is InChI=1S/C22H23N3O3/c1-2-28-22(27)18-10-12-20(13-11-18)25-21(26)19(15-23)16-24-14-6-9-17-7-4-3-5-8-17/h3-5,7-8,10-13,16,24H,2,6,9,14H2,1H3,(H,25,26)/b19-16-. The first kappa shape index (κ1) is 20.7. The lowest BCUT2D eigenvalue weighted by atomic mass is 10.1. The summed E-state index contributed by atoms with van der Waals surface area (Å²) in [4.78, 5) is 23.8. The third-order valence-electron chi connectivity index (χ3n) is 3.89. The van der Waals surface area contributed by atoms with Gasteiger partial charge in [-0.3, -0.25) is 4.79 Å². The van der Waals surface area contributed by atoms with Crippen LogP contribution in [0.1, 0.15) is 29.3 Å². The Morgan fingerprint density at radius 2 is 1.82 bits per heavy atom. The van der Waals surface area contributed by atoms with E-state index in [1.807, 2.05) is 24.3 Å². The van der Waals surface area contributed by atoms with Crippen LogP contribution in [0.5, 0.6) is 0 Å². The third kappa shape index (κ3) is 6.61. The second-order valence-corrected chi connectivity index (χ2v) is 5.97. The first-order chi connectivity index (χ1) is 13.6. The van der Waals surface area contributed by atoms with Gasteiger partial charge in [0.05, 0.1) is 12.2 Å². The Morgan fingerprint density at radius 3 is 2.46 bits per heavy atom. The van der Waals surface area contributed by atoms with Crippen molar-refractivity contribution in [2.24, 2.45) is 0 Å². The lowest BCUT2D eigenvalue weighted by Crippen LogP contribution is -2.17. The van der Waals surface area contributed by atoms with Crippen molar-refractivity contribution >= 4 is 17.6 Å². The van der Waals surface area contributed by atoms with Crippen molar-refractivity contribution in [1.29, 1.82) is 5.26 Å². The lowest BCUT2D eigenvalue weighted by Gasteiger charge is -2.07. The number of carbonyl (C=O) groups is 2. The Kier molecular flexibility index (Phi) is 8.28. The largest absolute Gasteiger partial charge is 0.462 e. The van der Waals surface area contributed by atoms with Crippen LogP contribution in [-0.2, 0) is 16.0 Å². The molecule has 0 spiro atoms. The number of benzene rings is 2. The molecule has 2 aromatic carbocycles. The van der Waals surface area contributed by atoms with Crippen LogP contribution in [0.2, 0.25) is 0 Å². The molecule has 0 unspecified atom stereocenters. The number of rotatable bonds is 9. The second-order valence-electron chi connectivity index (χ2n) is 5.97. The minimum atomic E-state index is -0.512. The molecule has 0 saturated heterocycles. The monoisotopic (exact) mass is 377 g/mol. The molecular formula is C22H23N3O3. The van der Waals surface area contributed by atoms with Gasteiger partial charge in [-0.05, 0) is 49.6 Å². The van der Waals surface area contributed by atoms with E-state index in [1.54, 1.807) is 31.2 Å². The van der Waals surface area contributed by atoms with E-state index in [-0.39, 0.29) is 5.57 Å². The molecule has 0 fully saturated rings. The van der Waals surface area contributed by atoms with Gasteiger partial charge in [0, 0.05) is 18.4 Å². The zero-order valence-electron chi connectivity index (χ0n) is 15.8. The van der Waals surface area contributed by atoms with E-state index in [9.17, 15) is 14.9 Å². The Balaban J connectivity index is 1.82. The van der Waals surface area contributed by atoms with Gasteiger partial charge < -0.3 is 15.4 Å². The summed E-state index contributed by atoms with van der Waals surface area (Å²) in [6.07, 6.45) is 3.23. The molecule has 0 aromatic heterocycles. The number of esters is 1. The topological polar surface area (TPSA) is 91.2 Å². The van der Waals surface area contributed by atoms with Crippen LogP contribution in [0.3, 0.4) is 0 Å². The van der Waals surface area contributed by atoms with E-state index in [0.29, 0.717) is 24.4 Å². The molecule has 2 aromatic rings. The number of nitriles is 1. The van der Waals surface area contributed by atoms with Crippen LogP contribution in [-0.4, -0.2) is 25.0 Å². The average Bonchev–Trinajstić information content (AvgIpc) is 2.72. The van der Waals surface area contributed by atoms with Crippen molar-refractivity contribution in [3.63, 3.8) is 0 Å². The Morgan fingerprint density at radius 1 is 1.11 bits per heavy atom. The highest BCUT2D eigenvalue weighted by molar-refractivity contribution is 6.06. The number of carbonyl (C=O) groups excluding carboxylic acids is 2. The minimum Gasteiger partial charge on any atom is -0.462 e. The molecule has 28 heavy (non-hydrogen) atoms. The number of nitrogens with zero attached hydrogens (tertiary/aromatic N) is 1. The van der Waals surface area contributed by atoms with Crippen molar-refractivity contribution in [3.05, 3.63) is 77.5 Å². The zero-order valence-corrected chi connectivity index (χ0v) is 15.8. The summed E-state index contributed by atoms with van der Waals surface area (Å²) in [5.41, 5.74) is 2.12. The van der Waals surface area contributed by atoms with E-state index in [4.69, 9.17) is 4.74 Å². The van der Waals surface area contributed by atoms with Crippen molar-refractivity contribution in [2.45, 2.75) is 19.8 Å². The van der Waals surface area contributed by atoms with Crippen LogP contribution < -0.4 is 10.6 Å². The fourth-order valence-corrected chi connectivity index (χ4v) is 2.46. The van der Waals surface area contributed by atoms with E-state index >= 15 is 0 Å². The number of anilines is 1. The Hall–Kier alpha value is -3.59. The van der Waals surface area contributed by atoms with E-state index in [1.165, 1.54) is 11.8 Å². The smallest absolute Gasteiger partial charge is 0.338 e. The van der Waals surface area contributed by atoms with Crippen molar-refractivity contribution in [1.82, 2.24) is 5.32 Å². The molecule has 144 valence electrons. The van der Waals surface area contributed by atoms with Gasteiger partial charge in [0.2, 0.25) is 0 Å². The van der Waals surface area contributed by atoms with Crippen LogP contribution in [0.4, 0.5) is 5.69 Å². The van der Waals surface area contributed by atoms with Gasteiger partial charge in [-0.2, -0.15) is 5.26 Å². The minimum absolute atomic E-state index is 0.0193. The molecule has 6 nitrogen and oxygen atoms in total. The highest BCUT2D eigenvalue weighted by Gasteiger charge is 2.10. The molecule has 0 aliphatic heterocycles.